The SMILES string of the molecule is Cc1ccc(CCNC(=O)[C@@H](C)n2nc(C)c3nn(-c4ccccc4)c(-n4cccc4)c3c2=O)cc1. The highest BCUT2D eigenvalue weighted by atomic mass is 16.2. The Morgan fingerprint density at radius 1 is 0.944 bits per heavy atom. The summed E-state index contributed by atoms with van der Waals surface area (Å²) >= 11 is 0. The topological polar surface area (TPSA) is 86.7 Å². The van der Waals surface area contributed by atoms with Crippen molar-refractivity contribution in [2.45, 2.75) is 33.2 Å². The van der Waals surface area contributed by atoms with E-state index in [4.69, 9.17) is 5.10 Å². The van der Waals surface area contributed by atoms with Gasteiger partial charge in [0.05, 0.1) is 11.4 Å². The number of hydrogen-bond donors (Lipinski definition) is 1. The van der Waals surface area contributed by atoms with E-state index in [1.165, 1.54) is 10.2 Å². The zero-order valence-electron chi connectivity index (χ0n) is 20.5. The number of carbonyl (C=O) groups excluding carboxylic acids is 1. The molecule has 0 bridgehead atoms. The molecule has 0 radical (unpaired) electrons. The van der Waals surface area contributed by atoms with Crippen LogP contribution in [-0.4, -0.2) is 36.6 Å². The third-order valence-electron chi connectivity index (χ3n) is 6.31. The summed E-state index contributed by atoms with van der Waals surface area (Å²) in [4.78, 5) is 26.8. The monoisotopic (exact) mass is 480 g/mol. The molecule has 0 aliphatic rings. The Balaban J connectivity index is 1.51. The fourth-order valence-corrected chi connectivity index (χ4v) is 4.30. The molecule has 1 atom stereocenters. The summed E-state index contributed by atoms with van der Waals surface area (Å²) < 4.78 is 4.88. The Bertz CT molecular complexity index is 1560. The summed E-state index contributed by atoms with van der Waals surface area (Å²) in [6, 6.07) is 20.9. The van der Waals surface area contributed by atoms with Crippen LogP contribution in [0.5, 0.6) is 0 Å². The summed E-state index contributed by atoms with van der Waals surface area (Å²) in [5.41, 5.74) is 3.89. The van der Waals surface area contributed by atoms with Crippen molar-refractivity contribution in [1.29, 1.82) is 0 Å². The van der Waals surface area contributed by atoms with Crippen molar-refractivity contribution in [3.63, 3.8) is 0 Å². The molecule has 0 aliphatic heterocycles. The number of rotatable bonds is 7. The normalized spacial score (nSPS) is 12.1. The Hall–Kier alpha value is -4.46. The van der Waals surface area contributed by atoms with E-state index in [-0.39, 0.29) is 11.5 Å². The van der Waals surface area contributed by atoms with Gasteiger partial charge in [0.25, 0.3) is 5.56 Å². The van der Waals surface area contributed by atoms with Gasteiger partial charge in [0.1, 0.15) is 16.9 Å². The van der Waals surface area contributed by atoms with Gasteiger partial charge >= 0.3 is 0 Å². The van der Waals surface area contributed by atoms with Crippen LogP contribution in [0.1, 0.15) is 29.8 Å². The Kier molecular flexibility index (Phi) is 6.25. The second-order valence-electron chi connectivity index (χ2n) is 8.92. The summed E-state index contributed by atoms with van der Waals surface area (Å²) in [6.45, 7) is 6.02. The molecule has 0 spiro atoms. The standard InChI is InChI=1S/C28H28N6O2/c1-19-11-13-22(14-12-19)15-16-29-26(35)21(3)33-28(36)24-25(20(2)30-33)31-34(23-9-5-4-6-10-23)27(24)32-17-7-8-18-32/h4-14,17-18,21H,15-16H2,1-3H3,(H,29,35)/t21-/m1/s1. The molecule has 0 aliphatic carbocycles. The van der Waals surface area contributed by atoms with Crippen LogP contribution < -0.4 is 10.9 Å². The first-order valence-corrected chi connectivity index (χ1v) is 12.0. The van der Waals surface area contributed by atoms with E-state index in [0.717, 1.165) is 11.3 Å². The van der Waals surface area contributed by atoms with E-state index in [1.54, 1.807) is 11.6 Å². The van der Waals surface area contributed by atoms with Crippen LogP contribution in [0.15, 0.2) is 83.9 Å². The Labute approximate surface area is 208 Å². The fraction of sp³-hybridized carbons (Fsp3) is 0.214. The lowest BCUT2D eigenvalue weighted by molar-refractivity contribution is -0.124. The van der Waals surface area contributed by atoms with Gasteiger partial charge in [-0.25, -0.2) is 9.36 Å². The van der Waals surface area contributed by atoms with Gasteiger partial charge in [-0.2, -0.15) is 10.2 Å². The van der Waals surface area contributed by atoms with Crippen LogP contribution in [0.4, 0.5) is 0 Å². The molecule has 1 amide bonds. The minimum atomic E-state index is -0.781. The number of carbonyl (C=O) groups is 1. The highest BCUT2D eigenvalue weighted by Gasteiger charge is 2.25. The van der Waals surface area contributed by atoms with Gasteiger partial charge in [0.15, 0.2) is 5.82 Å². The molecule has 0 unspecified atom stereocenters. The van der Waals surface area contributed by atoms with Crippen LogP contribution in [0.25, 0.3) is 22.4 Å². The Morgan fingerprint density at radius 3 is 2.33 bits per heavy atom. The first-order valence-electron chi connectivity index (χ1n) is 12.0. The fourth-order valence-electron chi connectivity index (χ4n) is 4.30. The van der Waals surface area contributed by atoms with Gasteiger partial charge in [-0.15, -0.1) is 0 Å². The van der Waals surface area contributed by atoms with Gasteiger partial charge in [0.2, 0.25) is 5.91 Å². The summed E-state index contributed by atoms with van der Waals surface area (Å²) in [6.07, 6.45) is 4.45. The molecular formula is C28H28N6O2. The molecule has 3 heterocycles. The minimum absolute atomic E-state index is 0.256. The maximum Gasteiger partial charge on any atom is 0.280 e. The zero-order valence-corrected chi connectivity index (χ0v) is 20.5. The maximum absolute atomic E-state index is 13.8. The summed E-state index contributed by atoms with van der Waals surface area (Å²) in [5.74, 6) is 0.353. The van der Waals surface area contributed by atoms with E-state index in [2.05, 4.69) is 34.7 Å². The van der Waals surface area contributed by atoms with Gasteiger partial charge in [-0.1, -0.05) is 48.0 Å². The first-order chi connectivity index (χ1) is 17.4. The van der Waals surface area contributed by atoms with Crippen molar-refractivity contribution in [1.82, 2.24) is 29.4 Å². The molecule has 2 aromatic carbocycles. The largest absolute Gasteiger partial charge is 0.354 e. The maximum atomic E-state index is 13.8. The number of nitrogens with zero attached hydrogens (tertiary/aromatic N) is 5. The number of hydrogen-bond acceptors (Lipinski definition) is 4. The smallest absolute Gasteiger partial charge is 0.280 e. The molecule has 3 aromatic heterocycles. The first kappa shape index (κ1) is 23.3. The third kappa shape index (κ3) is 4.33. The zero-order chi connectivity index (χ0) is 25.2. The predicted octanol–water partition coefficient (Wildman–Crippen LogP) is 3.91. The molecule has 36 heavy (non-hydrogen) atoms. The molecule has 1 N–H and O–H groups in total. The van der Waals surface area contributed by atoms with E-state index in [0.29, 0.717) is 35.4 Å². The van der Waals surface area contributed by atoms with Crippen LogP contribution >= 0.6 is 0 Å². The average molecular weight is 481 g/mol. The number of aromatic nitrogens is 5. The van der Waals surface area contributed by atoms with Gasteiger partial charge < -0.3 is 9.88 Å². The predicted molar refractivity (Wildman–Crippen MR) is 140 cm³/mol. The molecule has 0 saturated heterocycles. The van der Waals surface area contributed by atoms with Crippen molar-refractivity contribution in [3.05, 3.63) is 106 Å². The van der Waals surface area contributed by atoms with E-state index >= 15 is 0 Å². The lowest BCUT2D eigenvalue weighted by atomic mass is 10.1. The van der Waals surface area contributed by atoms with Crippen LogP contribution in [0.2, 0.25) is 0 Å². The molecule has 0 saturated carbocycles. The summed E-state index contributed by atoms with van der Waals surface area (Å²) in [7, 11) is 0. The van der Waals surface area contributed by atoms with Crippen LogP contribution in [-0.2, 0) is 11.2 Å². The van der Waals surface area contributed by atoms with E-state index < -0.39 is 6.04 Å². The van der Waals surface area contributed by atoms with Crippen molar-refractivity contribution in [3.8, 4) is 11.5 Å². The highest BCUT2D eigenvalue weighted by Crippen LogP contribution is 2.25. The molecule has 8 heteroatoms. The molecule has 5 rings (SSSR count). The highest BCUT2D eigenvalue weighted by molar-refractivity contribution is 5.88. The molecule has 8 nitrogen and oxygen atoms in total. The number of nitrogens with one attached hydrogen (secondary N) is 1. The third-order valence-corrected chi connectivity index (χ3v) is 6.31. The number of fused-ring (bicyclic) bond motifs is 1. The minimum Gasteiger partial charge on any atom is -0.354 e. The van der Waals surface area contributed by atoms with E-state index in [9.17, 15) is 9.59 Å². The second-order valence-corrected chi connectivity index (χ2v) is 8.92. The van der Waals surface area contributed by atoms with Crippen molar-refractivity contribution >= 4 is 16.8 Å². The molecular weight excluding hydrogens is 452 g/mol. The van der Waals surface area contributed by atoms with Crippen molar-refractivity contribution in [2.24, 2.45) is 0 Å². The van der Waals surface area contributed by atoms with Gasteiger partial charge in [0, 0.05) is 18.9 Å². The molecule has 182 valence electrons. The lowest BCUT2D eigenvalue weighted by Crippen LogP contribution is -2.38. The van der Waals surface area contributed by atoms with Crippen LogP contribution in [0, 0.1) is 13.8 Å². The quantitative estimate of drug-likeness (QED) is 0.383. The molecule has 5 aromatic rings. The molecule has 0 fully saturated rings. The number of amides is 1. The number of aryl methyl sites for hydroxylation is 2. The number of benzene rings is 2. The number of para-hydroxylation sites is 1. The van der Waals surface area contributed by atoms with Crippen molar-refractivity contribution < 1.29 is 4.79 Å². The van der Waals surface area contributed by atoms with Crippen LogP contribution in [0.3, 0.4) is 0 Å². The van der Waals surface area contributed by atoms with Gasteiger partial charge in [-0.3, -0.25) is 9.59 Å². The average Bonchev–Trinajstić information content (AvgIpc) is 3.56. The van der Waals surface area contributed by atoms with Gasteiger partial charge in [-0.05, 0) is 57.0 Å². The summed E-state index contributed by atoms with van der Waals surface area (Å²) in [5, 5.41) is 12.6. The van der Waals surface area contributed by atoms with Crippen molar-refractivity contribution in [2.75, 3.05) is 6.54 Å². The Morgan fingerprint density at radius 2 is 1.64 bits per heavy atom. The second kappa shape index (κ2) is 9.65. The lowest BCUT2D eigenvalue weighted by Gasteiger charge is -2.15. The van der Waals surface area contributed by atoms with E-state index in [1.807, 2.05) is 73.3 Å².